The molecule has 1 aromatic heterocycles. The number of hydrogen-bond donors (Lipinski definition) is 3. The van der Waals surface area contributed by atoms with Crippen LogP contribution < -0.4 is 10.0 Å². The van der Waals surface area contributed by atoms with E-state index < -0.39 is 21.4 Å². The number of sulfonamides is 1. The van der Waals surface area contributed by atoms with E-state index >= 15 is 0 Å². The Hall–Kier alpha value is -3.01. The van der Waals surface area contributed by atoms with Crippen molar-refractivity contribution < 1.29 is 23.1 Å². The van der Waals surface area contributed by atoms with Crippen molar-refractivity contribution in [3.05, 3.63) is 41.7 Å². The summed E-state index contributed by atoms with van der Waals surface area (Å²) < 4.78 is 27.6. The Labute approximate surface area is 181 Å². The topological polar surface area (TPSA) is 138 Å². The third-order valence-electron chi connectivity index (χ3n) is 5.38. The molecule has 9 nitrogen and oxygen atoms in total. The molecule has 166 valence electrons. The molecule has 1 aliphatic rings. The van der Waals surface area contributed by atoms with Crippen LogP contribution in [0.25, 0.3) is 0 Å². The molecule has 0 bridgehead atoms. The molecule has 0 unspecified atom stereocenters. The smallest absolute Gasteiger partial charge is 0.303 e. The monoisotopic (exact) mass is 446 g/mol. The number of rotatable bonds is 8. The van der Waals surface area contributed by atoms with Crippen LogP contribution in [-0.4, -0.2) is 35.4 Å². The number of carbonyl (C=O) groups is 2. The molecular formula is C21H26N4O5S. The number of carboxylic acid groups (broad SMARTS) is 1. The minimum absolute atomic E-state index is 0.00447. The second-order valence-electron chi connectivity index (χ2n) is 8.11. The predicted molar refractivity (Wildman–Crippen MR) is 115 cm³/mol. The van der Waals surface area contributed by atoms with E-state index in [0.29, 0.717) is 17.1 Å². The van der Waals surface area contributed by atoms with Gasteiger partial charge in [0, 0.05) is 23.5 Å². The first-order valence-corrected chi connectivity index (χ1v) is 11.5. The maximum atomic E-state index is 12.6. The van der Waals surface area contributed by atoms with Crippen LogP contribution in [0.3, 0.4) is 0 Å². The van der Waals surface area contributed by atoms with E-state index in [0.717, 1.165) is 25.7 Å². The normalized spacial score (nSPS) is 15.4. The SMILES string of the molecule is Cc1cc(C)nc(NS(=O)(=O)c2ccc(NC(=O)CC3(CC(=O)O)CCCC3)cc2)n1. The van der Waals surface area contributed by atoms with E-state index in [9.17, 15) is 23.1 Å². The second-order valence-corrected chi connectivity index (χ2v) is 9.79. The zero-order valence-electron chi connectivity index (χ0n) is 17.5. The summed E-state index contributed by atoms with van der Waals surface area (Å²) in [7, 11) is -3.89. The summed E-state index contributed by atoms with van der Waals surface area (Å²) in [6.45, 7) is 3.49. The molecule has 0 spiro atoms. The summed E-state index contributed by atoms with van der Waals surface area (Å²) in [5.41, 5.74) is 1.22. The zero-order chi connectivity index (χ0) is 22.6. The fourth-order valence-corrected chi connectivity index (χ4v) is 5.02. The van der Waals surface area contributed by atoms with Gasteiger partial charge in [0.15, 0.2) is 0 Å². The Bertz CT molecular complexity index is 1060. The summed E-state index contributed by atoms with van der Waals surface area (Å²) in [6, 6.07) is 7.48. The number of carbonyl (C=O) groups excluding carboxylic acids is 1. The van der Waals surface area contributed by atoms with Gasteiger partial charge in [-0.2, -0.15) is 0 Å². The van der Waals surface area contributed by atoms with Crippen molar-refractivity contribution in [3.63, 3.8) is 0 Å². The molecule has 1 saturated carbocycles. The van der Waals surface area contributed by atoms with Crippen molar-refractivity contribution in [1.82, 2.24) is 9.97 Å². The summed E-state index contributed by atoms with van der Waals surface area (Å²) in [5, 5.41) is 11.9. The highest BCUT2D eigenvalue weighted by atomic mass is 32.2. The van der Waals surface area contributed by atoms with Gasteiger partial charge in [-0.15, -0.1) is 0 Å². The van der Waals surface area contributed by atoms with Gasteiger partial charge in [0.05, 0.1) is 11.3 Å². The lowest BCUT2D eigenvalue weighted by atomic mass is 9.79. The highest BCUT2D eigenvalue weighted by molar-refractivity contribution is 7.92. The van der Waals surface area contributed by atoms with Gasteiger partial charge in [-0.3, -0.25) is 9.59 Å². The summed E-state index contributed by atoms with van der Waals surface area (Å²) in [4.78, 5) is 31.8. The Morgan fingerprint density at radius 2 is 1.61 bits per heavy atom. The first kappa shape index (κ1) is 22.7. The van der Waals surface area contributed by atoms with Crippen LogP contribution in [-0.2, 0) is 19.6 Å². The molecule has 0 radical (unpaired) electrons. The molecule has 3 rings (SSSR count). The summed E-state index contributed by atoms with van der Waals surface area (Å²) in [6.07, 6.45) is 3.38. The highest BCUT2D eigenvalue weighted by Gasteiger charge is 2.38. The van der Waals surface area contributed by atoms with Gasteiger partial charge >= 0.3 is 5.97 Å². The fraction of sp³-hybridized carbons (Fsp3) is 0.429. The van der Waals surface area contributed by atoms with Crippen LogP contribution in [0.5, 0.6) is 0 Å². The second kappa shape index (κ2) is 9.01. The van der Waals surface area contributed by atoms with Crippen molar-refractivity contribution in [3.8, 4) is 0 Å². The van der Waals surface area contributed by atoms with Crippen molar-refractivity contribution in [1.29, 1.82) is 0 Å². The molecule has 3 N–H and O–H groups in total. The number of benzene rings is 1. The van der Waals surface area contributed by atoms with E-state index in [2.05, 4.69) is 20.0 Å². The lowest BCUT2D eigenvalue weighted by Gasteiger charge is -2.26. The Kier molecular flexibility index (Phi) is 6.59. The number of anilines is 2. The molecule has 2 aromatic rings. The molecule has 0 saturated heterocycles. The molecule has 0 atom stereocenters. The quantitative estimate of drug-likeness (QED) is 0.566. The van der Waals surface area contributed by atoms with Gasteiger partial charge in [-0.1, -0.05) is 12.8 Å². The van der Waals surface area contributed by atoms with Gasteiger partial charge in [-0.25, -0.2) is 23.1 Å². The standard InChI is InChI=1S/C21H26N4O5S/c1-14-11-15(2)23-20(22-14)25-31(29,30)17-7-5-16(6-8-17)24-18(26)12-21(13-19(27)28)9-3-4-10-21/h5-8,11H,3-4,9-10,12-13H2,1-2H3,(H,24,26)(H,27,28)(H,22,23,25). The van der Waals surface area contributed by atoms with Crippen molar-refractivity contribution in [2.24, 2.45) is 5.41 Å². The number of amides is 1. The fourth-order valence-electron chi connectivity index (χ4n) is 4.08. The Morgan fingerprint density at radius 3 is 2.16 bits per heavy atom. The Morgan fingerprint density at radius 1 is 1.03 bits per heavy atom. The molecule has 31 heavy (non-hydrogen) atoms. The van der Waals surface area contributed by atoms with Crippen molar-refractivity contribution >= 4 is 33.5 Å². The number of nitrogens with zero attached hydrogens (tertiary/aromatic N) is 2. The van der Waals surface area contributed by atoms with Crippen LogP contribution in [0.4, 0.5) is 11.6 Å². The number of aliphatic carboxylic acids is 1. The molecular weight excluding hydrogens is 420 g/mol. The van der Waals surface area contributed by atoms with Gasteiger partial charge in [0.25, 0.3) is 10.0 Å². The molecule has 10 heteroatoms. The van der Waals surface area contributed by atoms with Crippen LogP contribution in [0, 0.1) is 19.3 Å². The number of hydrogen-bond acceptors (Lipinski definition) is 6. The van der Waals surface area contributed by atoms with Crippen molar-refractivity contribution in [2.45, 2.75) is 57.3 Å². The van der Waals surface area contributed by atoms with Gasteiger partial charge < -0.3 is 10.4 Å². The maximum absolute atomic E-state index is 12.6. The molecule has 1 fully saturated rings. The summed E-state index contributed by atoms with van der Waals surface area (Å²) in [5.74, 6) is -1.18. The highest BCUT2D eigenvalue weighted by Crippen LogP contribution is 2.44. The van der Waals surface area contributed by atoms with Gasteiger partial charge in [0.1, 0.15) is 0 Å². The van der Waals surface area contributed by atoms with E-state index in [-0.39, 0.29) is 29.6 Å². The molecule has 1 amide bonds. The molecule has 1 heterocycles. The van der Waals surface area contributed by atoms with Gasteiger partial charge in [0.2, 0.25) is 11.9 Å². The van der Waals surface area contributed by atoms with Crippen LogP contribution >= 0.6 is 0 Å². The molecule has 1 aliphatic carbocycles. The summed E-state index contributed by atoms with van der Waals surface area (Å²) >= 11 is 0. The lowest BCUT2D eigenvalue weighted by molar-refractivity contribution is -0.140. The number of nitrogens with one attached hydrogen (secondary N) is 2. The van der Waals surface area contributed by atoms with Crippen LogP contribution in [0.1, 0.15) is 49.9 Å². The predicted octanol–water partition coefficient (Wildman–Crippen LogP) is 3.26. The zero-order valence-corrected chi connectivity index (χ0v) is 18.3. The third-order valence-corrected chi connectivity index (χ3v) is 6.73. The van der Waals surface area contributed by atoms with E-state index in [1.54, 1.807) is 19.9 Å². The lowest BCUT2D eigenvalue weighted by Crippen LogP contribution is -2.27. The Balaban J connectivity index is 1.66. The first-order chi connectivity index (χ1) is 14.6. The van der Waals surface area contributed by atoms with E-state index in [1.807, 2.05) is 0 Å². The minimum atomic E-state index is -3.89. The van der Waals surface area contributed by atoms with E-state index in [1.165, 1.54) is 24.3 Å². The van der Waals surface area contributed by atoms with Crippen LogP contribution in [0.2, 0.25) is 0 Å². The average Bonchev–Trinajstić information content (AvgIpc) is 3.07. The molecule has 1 aromatic carbocycles. The van der Waals surface area contributed by atoms with Gasteiger partial charge in [-0.05, 0) is 62.4 Å². The first-order valence-electron chi connectivity index (χ1n) is 10.0. The molecule has 0 aliphatic heterocycles. The number of aryl methyl sites for hydroxylation is 2. The van der Waals surface area contributed by atoms with Crippen LogP contribution in [0.15, 0.2) is 35.2 Å². The van der Waals surface area contributed by atoms with Crippen molar-refractivity contribution in [2.75, 3.05) is 10.0 Å². The van der Waals surface area contributed by atoms with E-state index in [4.69, 9.17) is 0 Å². The largest absolute Gasteiger partial charge is 0.481 e. The maximum Gasteiger partial charge on any atom is 0.303 e. The number of carboxylic acids is 1. The third kappa shape index (κ3) is 6.00. The number of aromatic nitrogens is 2. The minimum Gasteiger partial charge on any atom is -0.481 e. The average molecular weight is 447 g/mol.